The minimum Gasteiger partial charge on any atom is -0.379 e. The molecule has 2 atom stereocenters. The van der Waals surface area contributed by atoms with Crippen LogP contribution in [0.3, 0.4) is 0 Å². The summed E-state index contributed by atoms with van der Waals surface area (Å²) in [6.45, 7) is 4.34. The average molecular weight is 147 g/mol. The highest BCUT2D eigenvalue weighted by atomic mass is 16.5. The molecule has 0 saturated heterocycles. The van der Waals surface area contributed by atoms with Crippen LogP contribution in [0.1, 0.15) is 13.8 Å². The molecule has 62 valence electrons. The third-order valence-corrected chi connectivity index (χ3v) is 2.09. The van der Waals surface area contributed by atoms with Crippen molar-refractivity contribution < 1.29 is 9.47 Å². The van der Waals surface area contributed by atoms with Gasteiger partial charge in [0.1, 0.15) is 5.60 Å². The summed E-state index contributed by atoms with van der Waals surface area (Å²) in [5.41, 5.74) is 5.14. The molecule has 2 unspecified atom stereocenters. The van der Waals surface area contributed by atoms with Gasteiger partial charge < -0.3 is 15.2 Å². The quantitative estimate of drug-likeness (QED) is 0.625. The van der Waals surface area contributed by atoms with Crippen LogP contribution < -0.4 is 5.73 Å². The van der Waals surface area contributed by atoms with Crippen molar-refractivity contribution in [1.82, 2.24) is 0 Å². The van der Waals surface area contributed by atoms with Crippen molar-refractivity contribution in [2.45, 2.75) is 25.6 Å². The predicted octanol–water partition coefficient (Wildman–Crippen LogP) is 0.385. The Hall–Kier alpha value is -0.120. The molecule has 2 N–H and O–H groups in total. The zero-order chi connectivity index (χ0) is 8.20. The highest BCUT2D eigenvalue weighted by molar-refractivity contribution is 4.82. The molecule has 0 aliphatic heterocycles. The smallest absolute Gasteiger partial charge is 0.103 e. The number of hydrogen-bond acceptors (Lipinski definition) is 3. The fraction of sp³-hybridized carbons (Fsp3) is 1.00. The van der Waals surface area contributed by atoms with Crippen LogP contribution in [-0.4, -0.2) is 32.5 Å². The van der Waals surface area contributed by atoms with Crippen LogP contribution in [0.4, 0.5) is 0 Å². The van der Waals surface area contributed by atoms with Crippen molar-refractivity contribution in [1.29, 1.82) is 0 Å². The van der Waals surface area contributed by atoms with Crippen molar-refractivity contribution in [3.63, 3.8) is 0 Å². The van der Waals surface area contributed by atoms with E-state index in [1.807, 2.05) is 13.8 Å². The molecule has 0 amide bonds. The van der Waals surface area contributed by atoms with E-state index in [9.17, 15) is 0 Å². The van der Waals surface area contributed by atoms with Gasteiger partial charge in [-0.05, 0) is 13.8 Å². The largest absolute Gasteiger partial charge is 0.379 e. The lowest BCUT2D eigenvalue weighted by molar-refractivity contribution is -0.0915. The molecule has 0 saturated carbocycles. The summed E-state index contributed by atoms with van der Waals surface area (Å²) in [7, 11) is 3.29. The Kier molecular flexibility index (Phi) is 3.86. The number of hydrogen-bond donors (Lipinski definition) is 1. The number of nitrogens with two attached hydrogens (primary N) is 1. The molecule has 10 heavy (non-hydrogen) atoms. The Bertz CT molecular complexity index is 91.6. The first-order valence-corrected chi connectivity index (χ1v) is 3.38. The van der Waals surface area contributed by atoms with Gasteiger partial charge in [-0.1, -0.05) is 0 Å². The van der Waals surface area contributed by atoms with Crippen LogP contribution in [0.25, 0.3) is 0 Å². The molecule has 0 fully saturated rings. The molecule has 0 aromatic heterocycles. The monoisotopic (exact) mass is 147 g/mol. The number of rotatable bonds is 4. The molecular weight excluding hydrogens is 130 g/mol. The Morgan fingerprint density at radius 3 is 2.10 bits per heavy atom. The Morgan fingerprint density at radius 2 is 2.00 bits per heavy atom. The zero-order valence-electron chi connectivity index (χ0n) is 7.18. The highest BCUT2D eigenvalue weighted by Gasteiger charge is 2.29. The van der Waals surface area contributed by atoms with Crippen molar-refractivity contribution in [2.24, 2.45) is 5.73 Å². The minimum atomic E-state index is -0.352. The summed E-state index contributed by atoms with van der Waals surface area (Å²) < 4.78 is 10.3. The van der Waals surface area contributed by atoms with Gasteiger partial charge in [0, 0.05) is 20.8 Å². The number of methoxy groups -OCH3 is 2. The summed E-state index contributed by atoms with van der Waals surface area (Å²) >= 11 is 0. The lowest BCUT2D eigenvalue weighted by Crippen LogP contribution is -2.47. The summed E-state index contributed by atoms with van der Waals surface area (Å²) in [5, 5.41) is 0. The fourth-order valence-electron chi connectivity index (χ4n) is 0.665. The van der Waals surface area contributed by atoms with Crippen LogP contribution >= 0.6 is 0 Å². The van der Waals surface area contributed by atoms with Gasteiger partial charge in [0.25, 0.3) is 0 Å². The second-order valence-electron chi connectivity index (χ2n) is 2.60. The Morgan fingerprint density at radius 1 is 1.50 bits per heavy atom. The molecule has 0 radical (unpaired) electrons. The maximum atomic E-state index is 5.49. The third-order valence-electron chi connectivity index (χ3n) is 2.09. The van der Waals surface area contributed by atoms with E-state index in [-0.39, 0.29) is 11.7 Å². The molecule has 0 aromatic carbocycles. The van der Waals surface area contributed by atoms with E-state index in [0.717, 1.165) is 0 Å². The molecule has 0 aliphatic rings. The topological polar surface area (TPSA) is 44.5 Å². The van der Waals surface area contributed by atoms with Gasteiger partial charge in [-0.3, -0.25) is 0 Å². The minimum absolute atomic E-state index is 0.0301. The van der Waals surface area contributed by atoms with Gasteiger partial charge >= 0.3 is 0 Å². The molecule has 3 nitrogen and oxygen atoms in total. The summed E-state index contributed by atoms with van der Waals surface area (Å²) in [5.74, 6) is 0. The van der Waals surface area contributed by atoms with E-state index in [1.54, 1.807) is 14.2 Å². The Labute approximate surface area is 62.5 Å². The van der Waals surface area contributed by atoms with Crippen molar-refractivity contribution >= 4 is 0 Å². The van der Waals surface area contributed by atoms with Crippen molar-refractivity contribution in [2.75, 3.05) is 20.8 Å². The van der Waals surface area contributed by atoms with E-state index >= 15 is 0 Å². The highest BCUT2D eigenvalue weighted by Crippen LogP contribution is 2.14. The lowest BCUT2D eigenvalue weighted by atomic mass is 10.0. The normalized spacial score (nSPS) is 20.1. The first-order valence-electron chi connectivity index (χ1n) is 3.38. The fourth-order valence-corrected chi connectivity index (χ4v) is 0.665. The van der Waals surface area contributed by atoms with Crippen molar-refractivity contribution in [3.8, 4) is 0 Å². The average Bonchev–Trinajstić information content (AvgIpc) is 2.01. The van der Waals surface area contributed by atoms with Crippen LogP contribution in [0, 0.1) is 0 Å². The van der Waals surface area contributed by atoms with Gasteiger partial charge in [-0.15, -0.1) is 0 Å². The van der Waals surface area contributed by atoms with Crippen LogP contribution in [0.5, 0.6) is 0 Å². The SMILES string of the molecule is COC(C)C(C)(CN)OC. The van der Waals surface area contributed by atoms with Crippen LogP contribution in [-0.2, 0) is 9.47 Å². The van der Waals surface area contributed by atoms with Crippen molar-refractivity contribution in [3.05, 3.63) is 0 Å². The Balaban J connectivity index is 4.02. The van der Waals surface area contributed by atoms with Gasteiger partial charge in [0.05, 0.1) is 6.10 Å². The maximum absolute atomic E-state index is 5.49. The van der Waals surface area contributed by atoms with Gasteiger partial charge in [0.2, 0.25) is 0 Å². The molecule has 0 bridgehead atoms. The molecule has 0 aliphatic carbocycles. The van der Waals surface area contributed by atoms with Crippen LogP contribution in [0.15, 0.2) is 0 Å². The van der Waals surface area contributed by atoms with E-state index in [0.29, 0.717) is 6.54 Å². The standard InChI is InChI=1S/C7H17NO2/c1-6(9-3)7(2,5-8)10-4/h6H,5,8H2,1-4H3. The van der Waals surface area contributed by atoms with E-state index in [4.69, 9.17) is 15.2 Å². The second kappa shape index (κ2) is 3.91. The molecule has 0 spiro atoms. The maximum Gasteiger partial charge on any atom is 0.103 e. The van der Waals surface area contributed by atoms with Gasteiger partial charge in [0.15, 0.2) is 0 Å². The number of ether oxygens (including phenoxy) is 2. The molecule has 0 rings (SSSR count). The zero-order valence-corrected chi connectivity index (χ0v) is 7.18. The summed E-state index contributed by atoms with van der Waals surface area (Å²) in [6.07, 6.45) is 0.0301. The molecular formula is C7H17NO2. The van der Waals surface area contributed by atoms with E-state index in [1.165, 1.54) is 0 Å². The first-order chi connectivity index (χ1) is 4.60. The van der Waals surface area contributed by atoms with Crippen LogP contribution in [0.2, 0.25) is 0 Å². The molecule has 3 heteroatoms. The van der Waals surface area contributed by atoms with E-state index in [2.05, 4.69) is 0 Å². The van der Waals surface area contributed by atoms with Gasteiger partial charge in [-0.2, -0.15) is 0 Å². The molecule has 0 aromatic rings. The second-order valence-corrected chi connectivity index (χ2v) is 2.60. The van der Waals surface area contributed by atoms with Gasteiger partial charge in [-0.25, -0.2) is 0 Å². The summed E-state index contributed by atoms with van der Waals surface area (Å²) in [4.78, 5) is 0. The summed E-state index contributed by atoms with van der Waals surface area (Å²) in [6, 6.07) is 0. The first kappa shape index (κ1) is 9.88. The lowest BCUT2D eigenvalue weighted by Gasteiger charge is -2.31. The molecule has 0 heterocycles. The van der Waals surface area contributed by atoms with E-state index < -0.39 is 0 Å². The third kappa shape index (κ3) is 1.94. The predicted molar refractivity (Wildman–Crippen MR) is 40.9 cm³/mol.